The number of nitriles is 1. The van der Waals surface area contributed by atoms with Crippen LogP contribution in [0.15, 0.2) is 54.9 Å². The van der Waals surface area contributed by atoms with Gasteiger partial charge in [-0.1, -0.05) is 24.3 Å². The minimum absolute atomic E-state index is 0.0995. The zero-order chi connectivity index (χ0) is 19.3. The van der Waals surface area contributed by atoms with E-state index in [2.05, 4.69) is 20.9 Å². The first-order valence-corrected chi connectivity index (χ1v) is 9.35. The summed E-state index contributed by atoms with van der Waals surface area (Å²) >= 11 is 0. The lowest BCUT2D eigenvalue weighted by Gasteiger charge is -2.31. The molecule has 0 atom stereocenters. The van der Waals surface area contributed by atoms with Gasteiger partial charge in [-0.3, -0.25) is 9.78 Å². The van der Waals surface area contributed by atoms with Gasteiger partial charge in [0.05, 0.1) is 17.0 Å². The topological polar surface area (TPSA) is 79.1 Å². The van der Waals surface area contributed by atoms with Crippen molar-refractivity contribution < 1.29 is 9.53 Å². The van der Waals surface area contributed by atoms with Gasteiger partial charge in [0.25, 0.3) is 0 Å². The summed E-state index contributed by atoms with van der Waals surface area (Å²) in [6.45, 7) is 1.73. The third kappa shape index (κ3) is 3.79. The van der Waals surface area contributed by atoms with Crippen molar-refractivity contribution in [1.82, 2.24) is 9.97 Å². The Hall–Kier alpha value is -3.46. The summed E-state index contributed by atoms with van der Waals surface area (Å²) in [6.07, 6.45) is 4.79. The number of aromatic nitrogens is 2. The van der Waals surface area contributed by atoms with E-state index < -0.39 is 0 Å². The molecule has 2 aromatic heterocycles. The average Bonchev–Trinajstić information content (AvgIpc) is 2.77. The number of hydrogen-bond acceptors (Lipinski definition) is 6. The number of piperidine rings is 1. The molecule has 1 saturated heterocycles. The van der Waals surface area contributed by atoms with Crippen LogP contribution >= 0.6 is 0 Å². The molecule has 0 unspecified atom stereocenters. The van der Waals surface area contributed by atoms with E-state index >= 15 is 0 Å². The molecule has 6 nitrogen and oxygen atoms in total. The Morgan fingerprint density at radius 3 is 2.71 bits per heavy atom. The fourth-order valence-corrected chi connectivity index (χ4v) is 3.53. The van der Waals surface area contributed by atoms with Gasteiger partial charge in [-0.05, 0) is 31.0 Å². The largest absolute Gasteiger partial charge is 0.461 e. The van der Waals surface area contributed by atoms with Gasteiger partial charge in [-0.15, -0.1) is 0 Å². The number of nitrogens with zero attached hydrogens (tertiary/aromatic N) is 4. The van der Waals surface area contributed by atoms with E-state index in [9.17, 15) is 4.79 Å². The van der Waals surface area contributed by atoms with Crippen LogP contribution in [0.4, 0.5) is 5.82 Å². The van der Waals surface area contributed by atoms with E-state index in [-0.39, 0.29) is 18.5 Å². The first-order valence-electron chi connectivity index (χ1n) is 9.35. The highest BCUT2D eigenvalue weighted by molar-refractivity contribution is 5.81. The van der Waals surface area contributed by atoms with Crippen LogP contribution in [0.2, 0.25) is 0 Å². The zero-order valence-electron chi connectivity index (χ0n) is 15.4. The van der Waals surface area contributed by atoms with E-state index in [0.717, 1.165) is 48.2 Å². The van der Waals surface area contributed by atoms with Crippen molar-refractivity contribution in [2.45, 2.75) is 19.4 Å². The highest BCUT2D eigenvalue weighted by Crippen LogP contribution is 2.24. The molecule has 0 bridgehead atoms. The van der Waals surface area contributed by atoms with Gasteiger partial charge in [0.15, 0.2) is 0 Å². The van der Waals surface area contributed by atoms with Gasteiger partial charge >= 0.3 is 5.97 Å². The standard InChI is InChI=1S/C22H20N4O2/c23-13-16-6-7-20(25-14-16)26-11-8-18(9-12-26)22(27)28-15-19-4-1-3-17-5-2-10-24-21(17)19/h1-7,10,14,18H,8-9,11-12,15H2. The lowest BCUT2D eigenvalue weighted by atomic mass is 9.97. The summed E-state index contributed by atoms with van der Waals surface area (Å²) in [7, 11) is 0. The summed E-state index contributed by atoms with van der Waals surface area (Å²) in [4.78, 5) is 23.4. The number of carbonyl (C=O) groups excluding carboxylic acids is 1. The maximum Gasteiger partial charge on any atom is 0.309 e. The number of carbonyl (C=O) groups is 1. The fraction of sp³-hybridized carbons (Fsp3) is 0.273. The van der Waals surface area contributed by atoms with E-state index in [1.54, 1.807) is 18.5 Å². The van der Waals surface area contributed by atoms with Crippen LogP contribution in [0.25, 0.3) is 10.9 Å². The van der Waals surface area contributed by atoms with Crippen molar-refractivity contribution in [3.05, 3.63) is 66.0 Å². The van der Waals surface area contributed by atoms with Crippen molar-refractivity contribution in [3.8, 4) is 6.07 Å². The Kier molecular flexibility index (Phi) is 5.16. The number of benzene rings is 1. The maximum atomic E-state index is 12.5. The zero-order valence-corrected chi connectivity index (χ0v) is 15.4. The second-order valence-corrected chi connectivity index (χ2v) is 6.88. The smallest absolute Gasteiger partial charge is 0.309 e. The molecule has 1 aliphatic rings. The quantitative estimate of drug-likeness (QED) is 0.653. The number of esters is 1. The Morgan fingerprint density at radius 1 is 1.14 bits per heavy atom. The van der Waals surface area contributed by atoms with E-state index in [1.165, 1.54) is 0 Å². The highest BCUT2D eigenvalue weighted by atomic mass is 16.5. The monoisotopic (exact) mass is 372 g/mol. The Bertz CT molecular complexity index is 1010. The Balaban J connectivity index is 1.33. The van der Waals surface area contributed by atoms with Gasteiger partial charge in [0.2, 0.25) is 0 Å². The molecule has 4 rings (SSSR count). The van der Waals surface area contributed by atoms with E-state index in [4.69, 9.17) is 10.00 Å². The second-order valence-electron chi connectivity index (χ2n) is 6.88. The van der Waals surface area contributed by atoms with Gasteiger partial charge in [-0.2, -0.15) is 5.26 Å². The third-order valence-corrected chi connectivity index (χ3v) is 5.12. The molecule has 0 spiro atoms. The van der Waals surface area contributed by atoms with Crippen molar-refractivity contribution in [3.63, 3.8) is 0 Å². The molecule has 0 saturated carbocycles. The molecule has 0 aliphatic carbocycles. The Morgan fingerprint density at radius 2 is 1.96 bits per heavy atom. The molecule has 0 amide bonds. The molecule has 1 fully saturated rings. The lowest BCUT2D eigenvalue weighted by molar-refractivity contribution is -0.150. The highest BCUT2D eigenvalue weighted by Gasteiger charge is 2.27. The number of hydrogen-bond donors (Lipinski definition) is 0. The summed E-state index contributed by atoms with van der Waals surface area (Å²) in [5, 5.41) is 9.91. The third-order valence-electron chi connectivity index (χ3n) is 5.12. The van der Waals surface area contributed by atoms with Crippen LogP contribution in [0.5, 0.6) is 0 Å². The summed E-state index contributed by atoms with van der Waals surface area (Å²) < 4.78 is 5.60. The summed E-state index contributed by atoms with van der Waals surface area (Å²) in [5.74, 6) is 0.589. The fourth-order valence-electron chi connectivity index (χ4n) is 3.53. The minimum atomic E-state index is -0.152. The number of fused-ring (bicyclic) bond motifs is 1. The van der Waals surface area contributed by atoms with Crippen LogP contribution in [-0.2, 0) is 16.1 Å². The van der Waals surface area contributed by atoms with Crippen molar-refractivity contribution >= 4 is 22.7 Å². The first kappa shape index (κ1) is 17.9. The van der Waals surface area contributed by atoms with Gasteiger partial charge in [-0.25, -0.2) is 4.98 Å². The molecule has 0 N–H and O–H groups in total. The molecule has 3 heterocycles. The van der Waals surface area contributed by atoms with E-state index in [1.807, 2.05) is 36.4 Å². The molecule has 1 aliphatic heterocycles. The van der Waals surface area contributed by atoms with Crippen LogP contribution in [0.1, 0.15) is 24.0 Å². The van der Waals surface area contributed by atoms with Crippen LogP contribution in [-0.4, -0.2) is 29.0 Å². The summed E-state index contributed by atoms with van der Waals surface area (Å²) in [6, 6.07) is 15.5. The molecular formula is C22H20N4O2. The molecule has 140 valence electrons. The lowest BCUT2D eigenvalue weighted by Crippen LogP contribution is -2.37. The predicted octanol–water partition coefficient (Wildman–Crippen LogP) is 3.46. The van der Waals surface area contributed by atoms with Gasteiger partial charge in [0, 0.05) is 36.4 Å². The maximum absolute atomic E-state index is 12.5. The Labute approximate surface area is 163 Å². The number of ether oxygens (including phenoxy) is 1. The number of pyridine rings is 2. The normalized spacial score (nSPS) is 14.6. The van der Waals surface area contributed by atoms with Crippen LogP contribution in [0.3, 0.4) is 0 Å². The predicted molar refractivity (Wildman–Crippen MR) is 105 cm³/mol. The van der Waals surface area contributed by atoms with Gasteiger partial charge < -0.3 is 9.64 Å². The number of anilines is 1. The van der Waals surface area contributed by atoms with Crippen LogP contribution in [0, 0.1) is 17.2 Å². The molecular weight excluding hydrogens is 352 g/mol. The van der Waals surface area contributed by atoms with Gasteiger partial charge in [0.1, 0.15) is 18.5 Å². The van der Waals surface area contributed by atoms with Crippen LogP contribution < -0.4 is 4.90 Å². The molecule has 1 aromatic carbocycles. The SMILES string of the molecule is N#Cc1ccc(N2CCC(C(=O)OCc3cccc4cccnc34)CC2)nc1. The molecule has 28 heavy (non-hydrogen) atoms. The first-order chi connectivity index (χ1) is 13.7. The van der Waals surface area contributed by atoms with Crippen molar-refractivity contribution in [1.29, 1.82) is 5.26 Å². The number of para-hydroxylation sites is 1. The minimum Gasteiger partial charge on any atom is -0.461 e. The average molecular weight is 372 g/mol. The van der Waals surface area contributed by atoms with Crippen molar-refractivity contribution in [2.24, 2.45) is 5.92 Å². The number of rotatable bonds is 4. The summed E-state index contributed by atoms with van der Waals surface area (Å²) in [5.41, 5.74) is 2.34. The molecule has 6 heteroatoms. The second kappa shape index (κ2) is 8.05. The molecule has 3 aromatic rings. The molecule has 0 radical (unpaired) electrons. The van der Waals surface area contributed by atoms with E-state index in [0.29, 0.717) is 5.56 Å². The van der Waals surface area contributed by atoms with Crippen molar-refractivity contribution in [2.75, 3.05) is 18.0 Å².